The topological polar surface area (TPSA) is 59.1 Å². The van der Waals surface area contributed by atoms with Crippen LogP contribution in [0.2, 0.25) is 10.0 Å². The van der Waals surface area contributed by atoms with Crippen LogP contribution in [-0.2, 0) is 10.5 Å². The number of anilines is 1. The Bertz CT molecular complexity index is 812. The number of nitrogens with zero attached hydrogens (tertiary/aromatic N) is 1. The van der Waals surface area contributed by atoms with E-state index in [0.29, 0.717) is 5.02 Å². The molecule has 1 aliphatic carbocycles. The lowest BCUT2D eigenvalue weighted by Crippen LogP contribution is -2.41. The minimum Gasteiger partial charge on any atom is -0.322 e. The van der Waals surface area contributed by atoms with E-state index < -0.39 is 11.6 Å². The van der Waals surface area contributed by atoms with Gasteiger partial charge in [0.2, 0.25) is 5.67 Å². The number of rotatable bonds is 2. The Morgan fingerprint density at radius 1 is 1.30 bits per heavy atom. The van der Waals surface area contributed by atoms with Crippen LogP contribution in [0.1, 0.15) is 28.9 Å². The Labute approximate surface area is 141 Å². The highest BCUT2D eigenvalue weighted by Gasteiger charge is 2.47. The van der Waals surface area contributed by atoms with E-state index in [9.17, 15) is 9.59 Å². The van der Waals surface area contributed by atoms with Crippen LogP contribution in [0.25, 0.3) is 0 Å². The number of Topliss-reactive ketones (excluding diaryl/α,β-unsaturated/α-hetero) is 1. The number of pyridine rings is 1. The highest BCUT2D eigenvalue weighted by atomic mass is 35.5. The van der Waals surface area contributed by atoms with Crippen LogP contribution in [-0.4, -0.2) is 16.7 Å². The Morgan fingerprint density at radius 2 is 2.09 bits per heavy atom. The third-order valence-corrected chi connectivity index (χ3v) is 4.28. The number of fused-ring (bicyclic) bond motifs is 1. The summed E-state index contributed by atoms with van der Waals surface area (Å²) in [5.41, 5.74) is -2.10. The van der Waals surface area contributed by atoms with Gasteiger partial charge in [0.1, 0.15) is 5.69 Å². The quantitative estimate of drug-likeness (QED) is 0.882. The van der Waals surface area contributed by atoms with E-state index >= 15 is 4.39 Å². The molecule has 0 saturated carbocycles. The fourth-order valence-corrected chi connectivity index (χ4v) is 2.99. The van der Waals surface area contributed by atoms with E-state index in [1.54, 1.807) is 0 Å². The van der Waals surface area contributed by atoms with Crippen molar-refractivity contribution in [3.63, 3.8) is 0 Å². The molecule has 1 aromatic carbocycles. The third kappa shape index (κ3) is 2.82. The second-order valence-electron chi connectivity index (χ2n) is 5.20. The largest absolute Gasteiger partial charge is 0.322 e. The average molecular weight is 353 g/mol. The third-order valence-electron chi connectivity index (χ3n) is 3.73. The molecule has 2 aromatic rings. The molecule has 4 nitrogen and oxygen atoms in total. The molecule has 0 fully saturated rings. The van der Waals surface area contributed by atoms with Crippen molar-refractivity contribution in [3.05, 3.63) is 57.8 Å². The molecule has 1 heterocycles. The van der Waals surface area contributed by atoms with Gasteiger partial charge in [-0.25, -0.2) is 4.39 Å². The van der Waals surface area contributed by atoms with Gasteiger partial charge in [-0.3, -0.25) is 14.6 Å². The zero-order valence-corrected chi connectivity index (χ0v) is 13.3. The first-order chi connectivity index (χ1) is 10.9. The van der Waals surface area contributed by atoms with Gasteiger partial charge in [-0.2, -0.15) is 0 Å². The molecule has 0 spiro atoms. The van der Waals surface area contributed by atoms with Gasteiger partial charge in [-0.1, -0.05) is 29.3 Å². The van der Waals surface area contributed by atoms with E-state index in [4.69, 9.17) is 23.2 Å². The first-order valence-electron chi connectivity index (χ1n) is 6.86. The second-order valence-corrected chi connectivity index (χ2v) is 6.05. The number of alkyl halides is 1. The summed E-state index contributed by atoms with van der Waals surface area (Å²) in [6, 6.07) is 7.37. The molecule has 23 heavy (non-hydrogen) atoms. The monoisotopic (exact) mass is 352 g/mol. The maximum atomic E-state index is 15.4. The number of benzene rings is 1. The zero-order valence-electron chi connectivity index (χ0n) is 11.8. The number of nitrogens with one attached hydrogen (secondary N) is 1. The smallest absolute Gasteiger partial charge is 0.266 e. The number of aromatic nitrogens is 1. The summed E-state index contributed by atoms with van der Waals surface area (Å²) in [5, 5.41) is 3.06. The second kappa shape index (κ2) is 5.91. The van der Waals surface area contributed by atoms with Crippen LogP contribution in [0.15, 0.2) is 36.5 Å². The van der Waals surface area contributed by atoms with Gasteiger partial charge in [-0.05, 0) is 24.3 Å². The number of ketones is 1. The Kier molecular flexibility index (Phi) is 4.08. The highest BCUT2D eigenvalue weighted by molar-refractivity contribution is 6.36. The van der Waals surface area contributed by atoms with E-state index in [2.05, 4.69) is 10.3 Å². The summed E-state index contributed by atoms with van der Waals surface area (Å²) in [4.78, 5) is 28.2. The summed E-state index contributed by atoms with van der Waals surface area (Å²) in [6.07, 6.45) is 1.08. The number of carbonyl (C=O) groups is 2. The van der Waals surface area contributed by atoms with Gasteiger partial charge in [0.25, 0.3) is 5.91 Å². The SMILES string of the molecule is O=C1CC[C@@](F)(C(=O)Nc2ccc(Cl)cc2Cl)c2cccnc21. The Hall–Kier alpha value is -1.98. The van der Waals surface area contributed by atoms with Crippen molar-refractivity contribution in [1.82, 2.24) is 4.98 Å². The summed E-state index contributed by atoms with van der Waals surface area (Å²) in [5.74, 6) is -1.16. The molecule has 118 valence electrons. The first kappa shape index (κ1) is 15.9. The standard InChI is InChI=1S/C16H11Cl2FN2O2/c17-9-3-4-12(11(18)8-9)21-15(23)16(19)6-5-13(22)14-10(16)2-1-7-20-14/h1-4,7-8H,5-6H2,(H,21,23)/t16-/m0/s1. The van der Waals surface area contributed by atoms with Gasteiger partial charge >= 0.3 is 0 Å². The van der Waals surface area contributed by atoms with Crippen LogP contribution in [0, 0.1) is 0 Å². The van der Waals surface area contributed by atoms with Gasteiger partial charge in [0, 0.05) is 29.6 Å². The van der Waals surface area contributed by atoms with Crippen molar-refractivity contribution in [2.45, 2.75) is 18.5 Å². The molecule has 1 amide bonds. The molecule has 0 radical (unpaired) electrons. The molecule has 0 saturated heterocycles. The number of hydrogen-bond donors (Lipinski definition) is 1. The molecule has 1 atom stereocenters. The Balaban J connectivity index is 1.96. The van der Waals surface area contributed by atoms with E-state index in [-0.39, 0.29) is 40.6 Å². The first-order valence-corrected chi connectivity index (χ1v) is 7.61. The molecule has 0 aliphatic heterocycles. The van der Waals surface area contributed by atoms with Crippen molar-refractivity contribution in [2.75, 3.05) is 5.32 Å². The number of amides is 1. The molecule has 1 N–H and O–H groups in total. The van der Waals surface area contributed by atoms with Gasteiger partial charge in [-0.15, -0.1) is 0 Å². The van der Waals surface area contributed by atoms with E-state index in [1.165, 1.54) is 36.5 Å². The zero-order chi connectivity index (χ0) is 16.6. The highest BCUT2D eigenvalue weighted by Crippen LogP contribution is 2.39. The maximum absolute atomic E-state index is 15.4. The summed E-state index contributed by atoms with van der Waals surface area (Å²) in [6.45, 7) is 0. The number of carbonyl (C=O) groups excluding carboxylic acids is 2. The number of hydrogen-bond acceptors (Lipinski definition) is 3. The predicted molar refractivity (Wildman–Crippen MR) is 85.7 cm³/mol. The minimum atomic E-state index is -2.33. The molecule has 0 unspecified atom stereocenters. The van der Waals surface area contributed by atoms with Crippen molar-refractivity contribution in [2.24, 2.45) is 0 Å². The van der Waals surface area contributed by atoms with Crippen molar-refractivity contribution in [3.8, 4) is 0 Å². The molecule has 1 aliphatic rings. The predicted octanol–water partition coefficient (Wildman–Crippen LogP) is 4.17. The normalized spacial score (nSPS) is 20.0. The van der Waals surface area contributed by atoms with Gasteiger partial charge < -0.3 is 5.32 Å². The van der Waals surface area contributed by atoms with Crippen LogP contribution in [0.5, 0.6) is 0 Å². The lowest BCUT2D eigenvalue weighted by molar-refractivity contribution is -0.128. The molecule has 1 aromatic heterocycles. The minimum absolute atomic E-state index is 0.00129. The maximum Gasteiger partial charge on any atom is 0.266 e. The van der Waals surface area contributed by atoms with Crippen LogP contribution in [0.3, 0.4) is 0 Å². The average Bonchev–Trinajstić information content (AvgIpc) is 2.54. The van der Waals surface area contributed by atoms with E-state index in [1.807, 2.05) is 0 Å². The van der Waals surface area contributed by atoms with Gasteiger partial charge in [0.15, 0.2) is 5.78 Å². The van der Waals surface area contributed by atoms with Crippen LogP contribution in [0.4, 0.5) is 10.1 Å². The summed E-state index contributed by atoms with van der Waals surface area (Å²) >= 11 is 11.8. The molecular weight excluding hydrogens is 342 g/mol. The van der Waals surface area contributed by atoms with Gasteiger partial charge in [0.05, 0.1) is 10.7 Å². The fourth-order valence-electron chi connectivity index (χ4n) is 2.53. The van der Waals surface area contributed by atoms with E-state index in [0.717, 1.165) is 0 Å². The lowest BCUT2D eigenvalue weighted by Gasteiger charge is -2.29. The lowest BCUT2D eigenvalue weighted by atomic mass is 9.81. The fraction of sp³-hybridized carbons (Fsp3) is 0.188. The van der Waals surface area contributed by atoms with Crippen molar-refractivity contribution >= 4 is 40.6 Å². The Morgan fingerprint density at radius 3 is 2.83 bits per heavy atom. The number of halogens is 3. The van der Waals surface area contributed by atoms with Crippen LogP contribution < -0.4 is 5.32 Å². The molecule has 3 rings (SSSR count). The summed E-state index contributed by atoms with van der Waals surface area (Å²) in [7, 11) is 0. The molecular formula is C16H11Cl2FN2O2. The molecule has 0 bridgehead atoms. The molecule has 7 heteroatoms. The van der Waals surface area contributed by atoms with Crippen LogP contribution >= 0.6 is 23.2 Å². The summed E-state index contributed by atoms with van der Waals surface area (Å²) < 4.78 is 15.4. The van der Waals surface area contributed by atoms with Crippen molar-refractivity contribution in [1.29, 1.82) is 0 Å². The van der Waals surface area contributed by atoms with Crippen molar-refractivity contribution < 1.29 is 14.0 Å².